The van der Waals surface area contributed by atoms with Crippen LogP contribution in [0.25, 0.3) is 22.0 Å². The zero-order valence-electron chi connectivity index (χ0n) is 17.9. The van der Waals surface area contributed by atoms with Crippen LogP contribution in [0.2, 0.25) is 0 Å². The van der Waals surface area contributed by atoms with Crippen molar-refractivity contribution in [2.45, 2.75) is 19.0 Å². The molecule has 32 heavy (non-hydrogen) atoms. The van der Waals surface area contributed by atoms with Crippen LogP contribution in [-0.4, -0.2) is 29.0 Å². The molecule has 1 aromatic heterocycles. The molecule has 0 aliphatic rings. The van der Waals surface area contributed by atoms with Gasteiger partial charge in [0.2, 0.25) is 0 Å². The average Bonchev–Trinajstić information content (AvgIpc) is 2.82. The minimum Gasteiger partial charge on any atom is -0.497 e. The lowest BCUT2D eigenvalue weighted by Crippen LogP contribution is -2.30. The SMILES string of the molecule is COc1ccc(-c2cc(C(N)=O)c3ncnc(NC(c4ccccc4)C(C)N)c3c2)cc1. The molecule has 0 radical (unpaired) electrons. The van der Waals surface area contributed by atoms with Gasteiger partial charge in [0.15, 0.2) is 0 Å². The topological polar surface area (TPSA) is 116 Å². The van der Waals surface area contributed by atoms with E-state index in [9.17, 15) is 4.79 Å². The third-order valence-electron chi connectivity index (χ3n) is 5.40. The van der Waals surface area contributed by atoms with Gasteiger partial charge in [-0.05, 0) is 47.9 Å². The van der Waals surface area contributed by atoms with E-state index in [0.29, 0.717) is 22.3 Å². The Labute approximate surface area is 186 Å². The molecule has 0 fully saturated rings. The lowest BCUT2D eigenvalue weighted by Gasteiger charge is -2.24. The third-order valence-corrected chi connectivity index (χ3v) is 5.40. The lowest BCUT2D eigenvalue weighted by molar-refractivity contribution is 0.100. The maximum Gasteiger partial charge on any atom is 0.250 e. The fourth-order valence-electron chi connectivity index (χ4n) is 3.75. The zero-order chi connectivity index (χ0) is 22.7. The van der Waals surface area contributed by atoms with Gasteiger partial charge in [0, 0.05) is 11.4 Å². The summed E-state index contributed by atoms with van der Waals surface area (Å²) in [5.74, 6) is 0.777. The van der Waals surface area contributed by atoms with Gasteiger partial charge in [-0.15, -0.1) is 0 Å². The van der Waals surface area contributed by atoms with Gasteiger partial charge in [-0.25, -0.2) is 9.97 Å². The second kappa shape index (κ2) is 9.03. The molecule has 0 bridgehead atoms. The van der Waals surface area contributed by atoms with E-state index in [1.165, 1.54) is 6.33 Å². The van der Waals surface area contributed by atoms with E-state index in [1.54, 1.807) is 13.2 Å². The summed E-state index contributed by atoms with van der Waals surface area (Å²) in [6.07, 6.45) is 1.42. The first-order chi connectivity index (χ1) is 15.5. The summed E-state index contributed by atoms with van der Waals surface area (Å²) < 4.78 is 5.25. The number of nitrogens with two attached hydrogens (primary N) is 2. The van der Waals surface area contributed by atoms with Gasteiger partial charge in [-0.3, -0.25) is 4.79 Å². The highest BCUT2D eigenvalue weighted by molar-refractivity contribution is 6.08. The first-order valence-electron chi connectivity index (χ1n) is 10.3. The Balaban J connectivity index is 1.86. The van der Waals surface area contributed by atoms with Crippen LogP contribution in [-0.2, 0) is 0 Å². The standard InChI is InChI=1S/C25H25N5O2/c1-15(26)22(17-6-4-3-5-7-17)30-25-21-13-18(16-8-10-19(32-2)11-9-16)12-20(24(27)31)23(21)28-14-29-25/h3-15,22H,26H2,1-2H3,(H2,27,31)(H,28,29,30). The number of anilines is 1. The second-order valence-electron chi connectivity index (χ2n) is 7.63. The highest BCUT2D eigenvalue weighted by atomic mass is 16.5. The van der Waals surface area contributed by atoms with Gasteiger partial charge in [0.1, 0.15) is 17.9 Å². The predicted molar refractivity (Wildman–Crippen MR) is 126 cm³/mol. The Hall–Kier alpha value is -3.97. The number of carbonyl (C=O) groups excluding carboxylic acids is 1. The van der Waals surface area contributed by atoms with Gasteiger partial charge in [0.05, 0.1) is 24.2 Å². The predicted octanol–water partition coefficient (Wildman–Crippen LogP) is 3.90. The number of methoxy groups -OCH3 is 1. The fourth-order valence-corrected chi connectivity index (χ4v) is 3.75. The van der Waals surface area contributed by atoms with E-state index in [0.717, 1.165) is 22.4 Å². The number of nitrogens with zero attached hydrogens (tertiary/aromatic N) is 2. The zero-order valence-corrected chi connectivity index (χ0v) is 17.9. The molecule has 4 aromatic rings. The Morgan fingerprint density at radius 3 is 2.34 bits per heavy atom. The van der Waals surface area contributed by atoms with Crippen LogP contribution in [0, 0.1) is 0 Å². The van der Waals surface area contributed by atoms with Crippen LogP contribution < -0.4 is 21.5 Å². The van der Waals surface area contributed by atoms with Crippen molar-refractivity contribution < 1.29 is 9.53 Å². The summed E-state index contributed by atoms with van der Waals surface area (Å²) in [5.41, 5.74) is 15.6. The van der Waals surface area contributed by atoms with Gasteiger partial charge in [-0.1, -0.05) is 42.5 Å². The van der Waals surface area contributed by atoms with Crippen molar-refractivity contribution in [2.24, 2.45) is 11.5 Å². The van der Waals surface area contributed by atoms with E-state index in [-0.39, 0.29) is 12.1 Å². The van der Waals surface area contributed by atoms with Crippen LogP contribution in [0.1, 0.15) is 28.9 Å². The Morgan fingerprint density at radius 2 is 1.72 bits per heavy atom. The van der Waals surface area contributed by atoms with Crippen LogP contribution in [0.15, 0.2) is 73.1 Å². The largest absolute Gasteiger partial charge is 0.497 e. The molecule has 7 heteroatoms. The molecule has 1 amide bonds. The Morgan fingerprint density at radius 1 is 1.00 bits per heavy atom. The summed E-state index contributed by atoms with van der Waals surface area (Å²) in [7, 11) is 1.62. The van der Waals surface area contributed by atoms with Crippen molar-refractivity contribution in [3.63, 3.8) is 0 Å². The molecule has 7 nitrogen and oxygen atoms in total. The second-order valence-corrected chi connectivity index (χ2v) is 7.63. The summed E-state index contributed by atoms with van der Waals surface area (Å²) >= 11 is 0. The van der Waals surface area contributed by atoms with E-state index in [1.807, 2.05) is 67.6 Å². The number of rotatable bonds is 7. The van der Waals surface area contributed by atoms with Gasteiger partial charge >= 0.3 is 0 Å². The van der Waals surface area contributed by atoms with Crippen molar-refractivity contribution >= 4 is 22.6 Å². The highest BCUT2D eigenvalue weighted by Gasteiger charge is 2.20. The highest BCUT2D eigenvalue weighted by Crippen LogP contribution is 2.32. The van der Waals surface area contributed by atoms with Gasteiger partial charge in [-0.2, -0.15) is 0 Å². The summed E-state index contributed by atoms with van der Waals surface area (Å²) in [4.78, 5) is 21.1. The quantitative estimate of drug-likeness (QED) is 0.412. The lowest BCUT2D eigenvalue weighted by atomic mass is 9.98. The summed E-state index contributed by atoms with van der Waals surface area (Å²) in [6, 6.07) is 20.8. The van der Waals surface area contributed by atoms with Crippen LogP contribution in [0.5, 0.6) is 5.75 Å². The molecule has 2 atom stereocenters. The molecule has 1 heterocycles. The van der Waals surface area contributed by atoms with Crippen molar-refractivity contribution in [2.75, 3.05) is 12.4 Å². The number of nitrogens with one attached hydrogen (secondary N) is 1. The van der Waals surface area contributed by atoms with Crippen LogP contribution in [0.3, 0.4) is 0 Å². The first-order valence-corrected chi connectivity index (χ1v) is 10.3. The van der Waals surface area contributed by atoms with Crippen LogP contribution in [0.4, 0.5) is 5.82 Å². The van der Waals surface area contributed by atoms with Crippen molar-refractivity contribution in [3.8, 4) is 16.9 Å². The fraction of sp³-hybridized carbons (Fsp3) is 0.160. The molecule has 0 spiro atoms. The van der Waals surface area contributed by atoms with Gasteiger partial charge in [0.25, 0.3) is 5.91 Å². The van der Waals surface area contributed by atoms with Gasteiger partial charge < -0.3 is 21.5 Å². The monoisotopic (exact) mass is 427 g/mol. The number of hydrogen-bond donors (Lipinski definition) is 3. The normalized spacial score (nSPS) is 12.8. The molecule has 0 aliphatic carbocycles. The van der Waals surface area contributed by atoms with E-state index >= 15 is 0 Å². The molecule has 0 aliphatic heterocycles. The number of fused-ring (bicyclic) bond motifs is 1. The Kier molecular flexibility index (Phi) is 6.00. The summed E-state index contributed by atoms with van der Waals surface area (Å²) in [6.45, 7) is 1.94. The molecule has 0 saturated carbocycles. The average molecular weight is 428 g/mol. The number of amides is 1. The molecular formula is C25H25N5O2. The number of ether oxygens (including phenoxy) is 1. The number of benzene rings is 3. The molecular weight excluding hydrogens is 402 g/mol. The van der Waals surface area contributed by atoms with E-state index < -0.39 is 5.91 Å². The smallest absolute Gasteiger partial charge is 0.250 e. The maximum atomic E-state index is 12.3. The number of hydrogen-bond acceptors (Lipinski definition) is 6. The Bertz CT molecular complexity index is 1240. The summed E-state index contributed by atoms with van der Waals surface area (Å²) in [5, 5.41) is 4.14. The number of aromatic nitrogens is 2. The number of carbonyl (C=O) groups is 1. The van der Waals surface area contributed by atoms with Crippen molar-refractivity contribution in [1.82, 2.24) is 9.97 Å². The minimum absolute atomic E-state index is 0.184. The minimum atomic E-state index is -0.554. The van der Waals surface area contributed by atoms with E-state index in [2.05, 4.69) is 15.3 Å². The molecule has 4 rings (SSSR count). The molecule has 162 valence electrons. The molecule has 0 saturated heterocycles. The first kappa shape index (κ1) is 21.3. The maximum absolute atomic E-state index is 12.3. The third kappa shape index (κ3) is 4.24. The van der Waals surface area contributed by atoms with Crippen molar-refractivity contribution in [1.29, 1.82) is 0 Å². The molecule has 5 N–H and O–H groups in total. The number of primary amides is 1. The molecule has 3 aromatic carbocycles. The molecule has 2 unspecified atom stereocenters. The van der Waals surface area contributed by atoms with E-state index in [4.69, 9.17) is 16.2 Å². The van der Waals surface area contributed by atoms with Crippen LogP contribution >= 0.6 is 0 Å². The van der Waals surface area contributed by atoms with Crippen molar-refractivity contribution in [3.05, 3.63) is 84.2 Å².